The molecular formula is C17H16BrClN4O3. The van der Waals surface area contributed by atoms with Crippen LogP contribution in [0.15, 0.2) is 46.9 Å². The van der Waals surface area contributed by atoms with Crippen molar-refractivity contribution in [3.05, 3.63) is 57.5 Å². The molecule has 0 fully saturated rings. The average Bonchev–Trinajstić information content (AvgIpc) is 2.56. The molecule has 2 rings (SSSR count). The SMILES string of the molecule is NC(=O)c1ccc(NC(=O)CCNC(=O)Nc2ccc(Br)cc2)cc1Cl. The van der Waals surface area contributed by atoms with E-state index in [1.54, 1.807) is 24.3 Å². The lowest BCUT2D eigenvalue weighted by Gasteiger charge is -2.09. The van der Waals surface area contributed by atoms with Gasteiger partial charge in [-0.1, -0.05) is 27.5 Å². The molecule has 26 heavy (non-hydrogen) atoms. The Bertz CT molecular complexity index is 827. The molecule has 0 aliphatic carbocycles. The number of benzene rings is 2. The summed E-state index contributed by atoms with van der Waals surface area (Å²) in [5.41, 5.74) is 6.41. The first-order valence-electron chi connectivity index (χ1n) is 7.55. The smallest absolute Gasteiger partial charge is 0.319 e. The molecule has 5 N–H and O–H groups in total. The fourth-order valence-electron chi connectivity index (χ4n) is 2.01. The van der Waals surface area contributed by atoms with Gasteiger partial charge >= 0.3 is 6.03 Å². The molecule has 7 nitrogen and oxygen atoms in total. The maximum Gasteiger partial charge on any atom is 0.319 e. The molecule has 0 aromatic heterocycles. The van der Waals surface area contributed by atoms with Crippen molar-refractivity contribution in [1.29, 1.82) is 0 Å². The topological polar surface area (TPSA) is 113 Å². The van der Waals surface area contributed by atoms with E-state index < -0.39 is 11.9 Å². The van der Waals surface area contributed by atoms with Crippen molar-refractivity contribution in [2.45, 2.75) is 6.42 Å². The van der Waals surface area contributed by atoms with E-state index >= 15 is 0 Å². The fraction of sp³-hybridized carbons (Fsp3) is 0.118. The highest BCUT2D eigenvalue weighted by Crippen LogP contribution is 2.20. The number of anilines is 2. The standard InChI is InChI=1S/C17H16BrClN4O3/c18-10-1-3-11(4-2-10)23-17(26)21-8-7-15(24)22-12-5-6-13(16(20)25)14(19)9-12/h1-6,9H,7-8H2,(H2,20,25)(H,22,24)(H2,21,23,26). The van der Waals surface area contributed by atoms with Gasteiger partial charge in [-0.2, -0.15) is 0 Å². The van der Waals surface area contributed by atoms with E-state index in [-0.39, 0.29) is 29.5 Å². The van der Waals surface area contributed by atoms with E-state index in [1.807, 2.05) is 0 Å². The van der Waals surface area contributed by atoms with Crippen LogP contribution in [0.25, 0.3) is 0 Å². The van der Waals surface area contributed by atoms with E-state index in [9.17, 15) is 14.4 Å². The number of carbonyl (C=O) groups excluding carboxylic acids is 3. The molecule has 0 aliphatic heterocycles. The molecular weight excluding hydrogens is 424 g/mol. The number of primary amides is 1. The average molecular weight is 440 g/mol. The second kappa shape index (κ2) is 9.21. The highest BCUT2D eigenvalue weighted by molar-refractivity contribution is 9.10. The van der Waals surface area contributed by atoms with Gasteiger partial charge in [0.1, 0.15) is 0 Å². The van der Waals surface area contributed by atoms with Crippen LogP contribution < -0.4 is 21.7 Å². The van der Waals surface area contributed by atoms with Gasteiger partial charge in [-0.05, 0) is 42.5 Å². The van der Waals surface area contributed by atoms with Crippen LogP contribution in [0.5, 0.6) is 0 Å². The van der Waals surface area contributed by atoms with Gasteiger partial charge < -0.3 is 21.7 Å². The molecule has 0 spiro atoms. The van der Waals surface area contributed by atoms with Crippen molar-refractivity contribution in [2.24, 2.45) is 5.73 Å². The molecule has 2 aromatic rings. The van der Waals surface area contributed by atoms with Crippen molar-refractivity contribution in [2.75, 3.05) is 17.2 Å². The van der Waals surface area contributed by atoms with E-state index in [0.29, 0.717) is 11.4 Å². The Hall–Kier alpha value is -2.58. The minimum Gasteiger partial charge on any atom is -0.366 e. The molecule has 0 aliphatic rings. The predicted octanol–water partition coefficient (Wildman–Crippen LogP) is 3.35. The summed E-state index contributed by atoms with van der Waals surface area (Å²) in [6, 6.07) is 11.1. The van der Waals surface area contributed by atoms with Crippen molar-refractivity contribution in [1.82, 2.24) is 5.32 Å². The first-order valence-corrected chi connectivity index (χ1v) is 8.72. The number of halogens is 2. The third-order valence-corrected chi connectivity index (χ3v) is 4.10. The maximum atomic E-state index is 11.9. The van der Waals surface area contributed by atoms with Gasteiger partial charge in [0.05, 0.1) is 10.6 Å². The zero-order valence-corrected chi connectivity index (χ0v) is 15.9. The third kappa shape index (κ3) is 6.05. The molecule has 2 aromatic carbocycles. The lowest BCUT2D eigenvalue weighted by atomic mass is 10.2. The van der Waals surface area contributed by atoms with Crippen molar-refractivity contribution in [3.63, 3.8) is 0 Å². The lowest BCUT2D eigenvalue weighted by molar-refractivity contribution is -0.116. The summed E-state index contributed by atoms with van der Waals surface area (Å²) in [6.45, 7) is 0.154. The number of nitrogens with two attached hydrogens (primary N) is 1. The van der Waals surface area contributed by atoms with E-state index in [1.165, 1.54) is 18.2 Å². The Labute approximate surface area is 163 Å². The molecule has 0 unspecified atom stereocenters. The summed E-state index contributed by atoms with van der Waals surface area (Å²) in [4.78, 5) is 34.8. The van der Waals surface area contributed by atoms with Gasteiger partial charge in [-0.3, -0.25) is 9.59 Å². The van der Waals surface area contributed by atoms with Gasteiger partial charge in [0.2, 0.25) is 11.8 Å². The van der Waals surface area contributed by atoms with Crippen LogP contribution in [0.1, 0.15) is 16.8 Å². The predicted molar refractivity (Wildman–Crippen MR) is 104 cm³/mol. The number of urea groups is 1. The van der Waals surface area contributed by atoms with Crippen molar-refractivity contribution >= 4 is 56.8 Å². The first kappa shape index (κ1) is 19.7. The van der Waals surface area contributed by atoms with Gasteiger partial charge in [0, 0.05) is 28.8 Å². The summed E-state index contributed by atoms with van der Waals surface area (Å²) in [5, 5.41) is 8.02. The Balaban J connectivity index is 1.76. The number of nitrogens with one attached hydrogen (secondary N) is 3. The van der Waals surface area contributed by atoms with E-state index in [0.717, 1.165) is 4.47 Å². The van der Waals surface area contributed by atoms with Crippen molar-refractivity contribution in [3.8, 4) is 0 Å². The van der Waals surface area contributed by atoms with Crippen LogP contribution in [0.4, 0.5) is 16.2 Å². The zero-order chi connectivity index (χ0) is 19.1. The largest absolute Gasteiger partial charge is 0.366 e. The molecule has 0 radical (unpaired) electrons. The van der Waals surface area contributed by atoms with Gasteiger partial charge in [-0.15, -0.1) is 0 Å². The number of hydrogen-bond donors (Lipinski definition) is 4. The van der Waals surface area contributed by atoms with Crippen molar-refractivity contribution < 1.29 is 14.4 Å². The Kier molecular flexibility index (Phi) is 6.99. The summed E-state index contributed by atoms with van der Waals surface area (Å²) in [5.74, 6) is -0.953. The van der Waals surface area contributed by atoms with Crippen LogP contribution in [-0.2, 0) is 4.79 Å². The van der Waals surface area contributed by atoms with E-state index in [2.05, 4.69) is 31.9 Å². The molecule has 0 atom stereocenters. The molecule has 9 heteroatoms. The summed E-state index contributed by atoms with van der Waals surface area (Å²) >= 11 is 9.23. The number of amides is 4. The minimum atomic E-state index is -0.645. The second-order valence-electron chi connectivity index (χ2n) is 5.24. The van der Waals surface area contributed by atoms with E-state index in [4.69, 9.17) is 17.3 Å². The van der Waals surface area contributed by atoms with Gasteiger partial charge in [-0.25, -0.2) is 4.79 Å². The molecule has 4 amide bonds. The second-order valence-corrected chi connectivity index (χ2v) is 6.57. The number of carbonyl (C=O) groups is 3. The Morgan fingerprint density at radius 1 is 1.00 bits per heavy atom. The summed E-state index contributed by atoms with van der Waals surface area (Å²) in [7, 11) is 0. The Morgan fingerprint density at radius 3 is 2.27 bits per heavy atom. The van der Waals surface area contributed by atoms with Gasteiger partial charge in [0.15, 0.2) is 0 Å². The fourth-order valence-corrected chi connectivity index (χ4v) is 2.55. The van der Waals surface area contributed by atoms with Crippen LogP contribution >= 0.6 is 27.5 Å². The van der Waals surface area contributed by atoms with Crippen LogP contribution in [-0.4, -0.2) is 24.4 Å². The summed E-state index contributed by atoms with van der Waals surface area (Å²) < 4.78 is 0.907. The van der Waals surface area contributed by atoms with Crippen LogP contribution in [0, 0.1) is 0 Å². The highest BCUT2D eigenvalue weighted by Gasteiger charge is 2.09. The lowest BCUT2D eigenvalue weighted by Crippen LogP contribution is -2.31. The van der Waals surface area contributed by atoms with Gasteiger partial charge in [0.25, 0.3) is 0 Å². The molecule has 0 saturated heterocycles. The molecule has 0 heterocycles. The maximum absolute atomic E-state index is 11.9. The number of rotatable bonds is 6. The monoisotopic (exact) mass is 438 g/mol. The molecule has 0 saturated carbocycles. The molecule has 136 valence electrons. The summed E-state index contributed by atoms with van der Waals surface area (Å²) in [6.07, 6.45) is 0.0724. The Morgan fingerprint density at radius 2 is 1.65 bits per heavy atom. The molecule has 0 bridgehead atoms. The first-order chi connectivity index (χ1) is 12.3. The van der Waals surface area contributed by atoms with Crippen LogP contribution in [0.3, 0.4) is 0 Å². The third-order valence-electron chi connectivity index (χ3n) is 3.26. The number of hydrogen-bond acceptors (Lipinski definition) is 3. The highest BCUT2D eigenvalue weighted by atomic mass is 79.9. The minimum absolute atomic E-state index is 0.0724. The van der Waals surface area contributed by atoms with Crippen LogP contribution in [0.2, 0.25) is 5.02 Å². The zero-order valence-electron chi connectivity index (χ0n) is 13.5. The normalized spacial score (nSPS) is 10.1. The quantitative estimate of drug-likeness (QED) is 0.553.